The van der Waals surface area contributed by atoms with Crippen LogP contribution in [-0.2, 0) is 14.3 Å². The van der Waals surface area contributed by atoms with Gasteiger partial charge in [0.2, 0.25) is 0 Å². The number of nitrogens with zero attached hydrogens (tertiary/aromatic N) is 3. The maximum absolute atomic E-state index is 13.6. The fourth-order valence-electron chi connectivity index (χ4n) is 3.91. The Kier molecular flexibility index (Phi) is 6.93. The van der Waals surface area contributed by atoms with Gasteiger partial charge in [-0.05, 0) is 43.7 Å². The Labute approximate surface area is 208 Å². The predicted molar refractivity (Wildman–Crippen MR) is 131 cm³/mol. The van der Waals surface area contributed by atoms with Gasteiger partial charge in [0.15, 0.2) is 4.80 Å². The van der Waals surface area contributed by atoms with Crippen LogP contribution in [0.3, 0.4) is 0 Å². The molecule has 0 fully saturated rings. The molecule has 0 amide bonds. The lowest BCUT2D eigenvalue weighted by molar-refractivity contribution is -0.385. The number of carbonyl (C=O) groups is 2. The van der Waals surface area contributed by atoms with Crippen LogP contribution in [0.15, 0.2) is 69.6 Å². The van der Waals surface area contributed by atoms with Crippen molar-refractivity contribution in [3.63, 3.8) is 0 Å². The van der Waals surface area contributed by atoms with Gasteiger partial charge in [0.25, 0.3) is 11.2 Å². The maximum atomic E-state index is 13.6. The molecule has 0 N–H and O–H groups in total. The number of aromatic nitrogens is 1. The van der Waals surface area contributed by atoms with Crippen molar-refractivity contribution in [2.75, 3.05) is 6.61 Å². The third-order valence-electron chi connectivity index (χ3n) is 5.39. The molecule has 184 valence electrons. The van der Waals surface area contributed by atoms with E-state index in [1.807, 2.05) is 0 Å². The molecule has 3 aromatic rings. The Bertz CT molecular complexity index is 1580. The van der Waals surface area contributed by atoms with Gasteiger partial charge in [0, 0.05) is 13.0 Å². The molecule has 0 saturated carbocycles. The van der Waals surface area contributed by atoms with Crippen LogP contribution in [0.25, 0.3) is 6.08 Å². The first-order chi connectivity index (χ1) is 17.2. The molecule has 36 heavy (non-hydrogen) atoms. The Morgan fingerprint density at radius 3 is 2.53 bits per heavy atom. The van der Waals surface area contributed by atoms with Crippen molar-refractivity contribution in [3.8, 4) is 5.75 Å². The summed E-state index contributed by atoms with van der Waals surface area (Å²) in [5, 5.41) is 11.4. The number of nitro groups is 1. The molecule has 1 atom stereocenters. The van der Waals surface area contributed by atoms with Gasteiger partial charge in [-0.1, -0.05) is 35.6 Å². The second-order valence-electron chi connectivity index (χ2n) is 7.78. The van der Waals surface area contributed by atoms with Crippen LogP contribution in [0.1, 0.15) is 37.9 Å². The van der Waals surface area contributed by atoms with Crippen molar-refractivity contribution in [2.24, 2.45) is 4.99 Å². The third kappa shape index (κ3) is 4.73. The SMILES string of the molecule is CCOC(=O)C1=C(C)N=c2s/c(=C\c3ccccc3[N+](=O)[O-])c(=O)n2C1c1ccc(OC(C)=O)cc1. The van der Waals surface area contributed by atoms with Gasteiger partial charge >= 0.3 is 11.9 Å². The minimum absolute atomic E-state index is 0.135. The number of hydrogen-bond donors (Lipinski definition) is 0. The molecule has 0 radical (unpaired) electrons. The minimum Gasteiger partial charge on any atom is -0.463 e. The molecule has 10 nitrogen and oxygen atoms in total. The summed E-state index contributed by atoms with van der Waals surface area (Å²) in [6.07, 6.45) is 1.45. The van der Waals surface area contributed by atoms with Gasteiger partial charge in [-0.15, -0.1) is 0 Å². The van der Waals surface area contributed by atoms with Crippen molar-refractivity contribution in [3.05, 3.63) is 101 Å². The van der Waals surface area contributed by atoms with E-state index < -0.39 is 28.5 Å². The smallest absolute Gasteiger partial charge is 0.338 e. The zero-order valence-corrected chi connectivity index (χ0v) is 20.4. The number of carbonyl (C=O) groups excluding carboxylic acids is 2. The molecule has 1 aliphatic heterocycles. The quantitative estimate of drug-likeness (QED) is 0.217. The topological polar surface area (TPSA) is 130 Å². The standard InChI is InChI=1S/C25H21N3O7S/c1-4-34-24(31)21-14(2)26-25-27(22(21)16-9-11-18(12-10-16)35-15(3)29)23(30)20(36-25)13-17-7-5-6-8-19(17)28(32)33/h5-13,22H,4H2,1-3H3/b20-13-. The van der Waals surface area contributed by atoms with Crippen LogP contribution in [0.5, 0.6) is 5.75 Å². The molecule has 0 saturated heterocycles. The normalized spacial score (nSPS) is 15.2. The number of esters is 2. The summed E-state index contributed by atoms with van der Waals surface area (Å²) in [6, 6.07) is 11.7. The molecule has 11 heteroatoms. The molecular weight excluding hydrogens is 486 g/mol. The lowest BCUT2D eigenvalue weighted by Gasteiger charge is -2.24. The van der Waals surface area contributed by atoms with E-state index in [0.717, 1.165) is 11.3 Å². The van der Waals surface area contributed by atoms with Gasteiger partial charge in [-0.3, -0.25) is 24.3 Å². The molecule has 2 heterocycles. The molecule has 2 aromatic carbocycles. The zero-order valence-electron chi connectivity index (χ0n) is 19.6. The summed E-state index contributed by atoms with van der Waals surface area (Å²) in [5.74, 6) is -0.775. The number of benzene rings is 2. The van der Waals surface area contributed by atoms with Crippen LogP contribution in [-0.4, -0.2) is 28.0 Å². The second kappa shape index (κ2) is 10.1. The number of thiazole rings is 1. The van der Waals surface area contributed by atoms with Gasteiger partial charge in [-0.25, -0.2) is 9.79 Å². The molecule has 0 spiro atoms. The van der Waals surface area contributed by atoms with E-state index in [2.05, 4.69) is 4.99 Å². The highest BCUT2D eigenvalue weighted by Crippen LogP contribution is 2.31. The fraction of sp³-hybridized carbons (Fsp3) is 0.200. The molecule has 1 aromatic heterocycles. The largest absolute Gasteiger partial charge is 0.463 e. The Morgan fingerprint density at radius 1 is 1.19 bits per heavy atom. The summed E-state index contributed by atoms with van der Waals surface area (Å²) in [4.78, 5) is 53.6. The highest BCUT2D eigenvalue weighted by molar-refractivity contribution is 7.07. The lowest BCUT2D eigenvalue weighted by atomic mass is 9.96. The van der Waals surface area contributed by atoms with Gasteiger partial charge in [0.05, 0.1) is 38.9 Å². The number of fused-ring (bicyclic) bond motifs is 1. The number of nitro benzene ring substituents is 1. The van der Waals surface area contributed by atoms with Gasteiger partial charge in [-0.2, -0.15) is 0 Å². The molecule has 4 rings (SSSR count). The summed E-state index contributed by atoms with van der Waals surface area (Å²) in [6.45, 7) is 4.76. The second-order valence-corrected chi connectivity index (χ2v) is 8.79. The minimum atomic E-state index is -0.861. The van der Waals surface area contributed by atoms with E-state index >= 15 is 0 Å². The highest BCUT2D eigenvalue weighted by atomic mass is 32.1. The van der Waals surface area contributed by atoms with E-state index in [1.54, 1.807) is 56.3 Å². The number of ether oxygens (including phenoxy) is 2. The first-order valence-electron chi connectivity index (χ1n) is 10.9. The summed E-state index contributed by atoms with van der Waals surface area (Å²) in [7, 11) is 0. The monoisotopic (exact) mass is 507 g/mol. The fourth-order valence-corrected chi connectivity index (χ4v) is 4.95. The Hall–Kier alpha value is -4.38. The van der Waals surface area contributed by atoms with E-state index in [4.69, 9.17) is 9.47 Å². The van der Waals surface area contributed by atoms with Crippen LogP contribution in [0, 0.1) is 10.1 Å². The van der Waals surface area contributed by atoms with Gasteiger partial charge in [0.1, 0.15) is 5.75 Å². The van der Waals surface area contributed by atoms with Crippen LogP contribution in [0.2, 0.25) is 0 Å². The van der Waals surface area contributed by atoms with E-state index in [-0.39, 0.29) is 28.0 Å². The van der Waals surface area contributed by atoms with Crippen LogP contribution < -0.4 is 19.6 Å². The predicted octanol–water partition coefficient (Wildman–Crippen LogP) is 2.63. The van der Waals surface area contributed by atoms with Crippen molar-refractivity contribution >= 4 is 35.0 Å². The number of allylic oxidation sites excluding steroid dienone is 1. The average molecular weight is 508 g/mol. The van der Waals surface area contributed by atoms with Crippen LogP contribution in [0.4, 0.5) is 5.69 Å². The third-order valence-corrected chi connectivity index (χ3v) is 6.38. The maximum Gasteiger partial charge on any atom is 0.338 e. The summed E-state index contributed by atoms with van der Waals surface area (Å²) < 4.78 is 12.0. The first-order valence-corrected chi connectivity index (χ1v) is 11.7. The van der Waals surface area contributed by atoms with Crippen molar-refractivity contribution in [1.29, 1.82) is 0 Å². The van der Waals surface area contributed by atoms with Crippen molar-refractivity contribution in [1.82, 2.24) is 4.57 Å². The lowest BCUT2D eigenvalue weighted by Crippen LogP contribution is -2.39. The van der Waals surface area contributed by atoms with Crippen LogP contribution >= 0.6 is 11.3 Å². The number of rotatable bonds is 6. The van der Waals surface area contributed by atoms with E-state index in [0.29, 0.717) is 21.8 Å². The van der Waals surface area contributed by atoms with Gasteiger partial charge < -0.3 is 9.47 Å². The Balaban J connectivity index is 1.93. The Morgan fingerprint density at radius 2 is 1.89 bits per heavy atom. The van der Waals surface area contributed by atoms with Crippen molar-refractivity contribution < 1.29 is 24.0 Å². The summed E-state index contributed by atoms with van der Waals surface area (Å²) in [5.41, 5.74) is 0.838. The highest BCUT2D eigenvalue weighted by Gasteiger charge is 2.33. The average Bonchev–Trinajstić information content (AvgIpc) is 3.13. The molecule has 1 unspecified atom stereocenters. The summed E-state index contributed by atoms with van der Waals surface area (Å²) >= 11 is 1.07. The number of hydrogen-bond acceptors (Lipinski definition) is 9. The van der Waals surface area contributed by atoms with Crippen molar-refractivity contribution in [2.45, 2.75) is 26.8 Å². The van der Waals surface area contributed by atoms with E-state index in [1.165, 1.54) is 23.6 Å². The molecule has 0 bridgehead atoms. The molecule has 0 aliphatic carbocycles. The van der Waals surface area contributed by atoms with E-state index in [9.17, 15) is 24.5 Å². The number of para-hydroxylation sites is 1. The molecular formula is C25H21N3O7S. The first kappa shape index (κ1) is 24.7. The zero-order chi connectivity index (χ0) is 26.0. The molecule has 1 aliphatic rings.